The number of amides is 1. The van der Waals surface area contributed by atoms with Gasteiger partial charge in [0.05, 0.1) is 25.6 Å². The first kappa shape index (κ1) is 23.6. The molecule has 3 aromatic carbocycles. The van der Waals surface area contributed by atoms with Crippen LogP contribution in [0.3, 0.4) is 0 Å². The lowest BCUT2D eigenvalue weighted by Crippen LogP contribution is -2.21. The van der Waals surface area contributed by atoms with E-state index in [1.54, 1.807) is 49.6 Å². The molecule has 0 saturated heterocycles. The zero-order chi connectivity index (χ0) is 24.8. The Balaban J connectivity index is 1.50. The Kier molecular flexibility index (Phi) is 7.11. The zero-order valence-electron chi connectivity index (χ0n) is 19.6. The predicted octanol–water partition coefficient (Wildman–Crippen LogP) is 4.39. The molecule has 8 nitrogen and oxygen atoms in total. The summed E-state index contributed by atoms with van der Waals surface area (Å²) in [4.78, 5) is 25.2. The van der Waals surface area contributed by atoms with Crippen LogP contribution in [0.15, 0.2) is 83.7 Å². The van der Waals surface area contributed by atoms with Crippen molar-refractivity contribution in [3.05, 3.63) is 106 Å². The molecule has 8 heteroatoms. The van der Waals surface area contributed by atoms with E-state index >= 15 is 0 Å². The number of ether oxygens (including phenoxy) is 3. The number of nitrogens with zero attached hydrogens (tertiary/aromatic N) is 2. The van der Waals surface area contributed by atoms with Crippen LogP contribution in [0, 0.1) is 6.92 Å². The number of aryl methyl sites for hydroxylation is 1. The van der Waals surface area contributed by atoms with Crippen LogP contribution in [0.2, 0.25) is 0 Å². The molecule has 35 heavy (non-hydrogen) atoms. The molecule has 1 N–H and O–H groups in total. The number of carbonyl (C=O) groups excluding carboxylic acids is 1. The summed E-state index contributed by atoms with van der Waals surface area (Å²) >= 11 is 0. The number of carbonyl (C=O) groups is 1. The molecule has 4 rings (SSSR count). The predicted molar refractivity (Wildman–Crippen MR) is 133 cm³/mol. The molecule has 1 aromatic heterocycles. The van der Waals surface area contributed by atoms with Crippen molar-refractivity contribution in [1.82, 2.24) is 9.78 Å². The van der Waals surface area contributed by atoms with Crippen molar-refractivity contribution in [2.45, 2.75) is 13.5 Å². The van der Waals surface area contributed by atoms with Crippen LogP contribution in [0.4, 0.5) is 5.69 Å². The first-order chi connectivity index (χ1) is 17.0. The number of aromatic nitrogens is 2. The number of hydrogen-bond donors (Lipinski definition) is 1. The Bertz CT molecular complexity index is 1400. The molecule has 1 heterocycles. The zero-order valence-corrected chi connectivity index (χ0v) is 19.6. The molecule has 0 saturated carbocycles. The Morgan fingerprint density at radius 2 is 1.74 bits per heavy atom. The van der Waals surface area contributed by atoms with Gasteiger partial charge < -0.3 is 19.5 Å². The highest BCUT2D eigenvalue weighted by molar-refractivity contribution is 6.05. The minimum absolute atomic E-state index is 0.314. The summed E-state index contributed by atoms with van der Waals surface area (Å²) in [5, 5.41) is 7.14. The fourth-order valence-corrected chi connectivity index (χ4v) is 3.48. The maximum Gasteiger partial charge on any atom is 0.271 e. The van der Waals surface area contributed by atoms with Crippen molar-refractivity contribution in [3.63, 3.8) is 0 Å². The summed E-state index contributed by atoms with van der Waals surface area (Å²) in [5.41, 5.74) is 3.22. The molecule has 4 aromatic rings. The summed E-state index contributed by atoms with van der Waals surface area (Å²) in [6.45, 7) is 2.35. The molecule has 1 amide bonds. The highest BCUT2D eigenvalue weighted by Gasteiger charge is 2.12. The van der Waals surface area contributed by atoms with Gasteiger partial charge in [-0.05, 0) is 48.9 Å². The van der Waals surface area contributed by atoms with Crippen molar-refractivity contribution < 1.29 is 19.0 Å². The summed E-state index contributed by atoms with van der Waals surface area (Å²) in [6, 6.07) is 22.6. The molecule has 0 aliphatic carbocycles. The van der Waals surface area contributed by atoms with Crippen molar-refractivity contribution >= 4 is 11.6 Å². The maximum atomic E-state index is 12.8. The summed E-state index contributed by atoms with van der Waals surface area (Å²) in [5.74, 6) is 1.08. The van der Waals surface area contributed by atoms with Crippen LogP contribution < -0.4 is 25.1 Å². The van der Waals surface area contributed by atoms with E-state index in [-0.39, 0.29) is 11.5 Å². The van der Waals surface area contributed by atoms with Crippen molar-refractivity contribution in [2.24, 2.45) is 0 Å². The average molecular weight is 472 g/mol. The minimum atomic E-state index is -0.335. The van der Waals surface area contributed by atoms with Crippen LogP contribution in [0.5, 0.6) is 17.4 Å². The van der Waals surface area contributed by atoms with E-state index in [0.717, 1.165) is 11.1 Å². The number of nitrogens with one attached hydrogen (secondary N) is 1. The van der Waals surface area contributed by atoms with Crippen LogP contribution in [0.25, 0.3) is 5.69 Å². The molecule has 0 fully saturated rings. The number of benzene rings is 3. The van der Waals surface area contributed by atoms with Gasteiger partial charge in [0.15, 0.2) is 0 Å². The van der Waals surface area contributed by atoms with Crippen LogP contribution >= 0.6 is 0 Å². The first-order valence-corrected chi connectivity index (χ1v) is 10.9. The Morgan fingerprint density at radius 3 is 2.46 bits per heavy atom. The summed E-state index contributed by atoms with van der Waals surface area (Å²) < 4.78 is 17.5. The Morgan fingerprint density at radius 1 is 0.943 bits per heavy atom. The molecule has 0 aliphatic heterocycles. The van der Waals surface area contributed by atoms with Gasteiger partial charge in [0, 0.05) is 23.8 Å². The van der Waals surface area contributed by atoms with Gasteiger partial charge >= 0.3 is 0 Å². The van der Waals surface area contributed by atoms with Crippen LogP contribution in [-0.4, -0.2) is 29.9 Å². The minimum Gasteiger partial charge on any atom is -0.497 e. The van der Waals surface area contributed by atoms with Crippen molar-refractivity contribution in [1.29, 1.82) is 0 Å². The third kappa shape index (κ3) is 5.67. The summed E-state index contributed by atoms with van der Waals surface area (Å²) in [6.07, 6.45) is 0. The van der Waals surface area contributed by atoms with Crippen molar-refractivity contribution in [2.75, 3.05) is 19.5 Å². The average Bonchev–Trinajstić information content (AvgIpc) is 2.88. The molecular weight excluding hydrogens is 446 g/mol. The second-order valence-electron chi connectivity index (χ2n) is 7.77. The number of methoxy groups -OCH3 is 2. The van der Waals surface area contributed by atoms with Gasteiger partial charge in [-0.25, -0.2) is 0 Å². The topological polar surface area (TPSA) is 91.7 Å². The molecule has 178 valence electrons. The molecule has 0 spiro atoms. The Hall–Kier alpha value is -4.59. The van der Waals surface area contributed by atoms with Gasteiger partial charge in [0.2, 0.25) is 5.88 Å². The van der Waals surface area contributed by atoms with Crippen molar-refractivity contribution in [3.8, 4) is 23.1 Å². The Labute approximate surface area is 202 Å². The van der Waals surface area contributed by atoms with Gasteiger partial charge in [-0.15, -0.1) is 5.10 Å². The molecule has 0 unspecified atom stereocenters. The quantitative estimate of drug-likeness (QED) is 0.410. The largest absolute Gasteiger partial charge is 0.497 e. The highest BCUT2D eigenvalue weighted by atomic mass is 16.5. The van der Waals surface area contributed by atoms with Gasteiger partial charge in [-0.2, -0.15) is 4.68 Å². The number of rotatable bonds is 8. The van der Waals surface area contributed by atoms with Gasteiger partial charge in [0.25, 0.3) is 11.5 Å². The smallest absolute Gasteiger partial charge is 0.271 e. The fourth-order valence-electron chi connectivity index (χ4n) is 3.48. The van der Waals surface area contributed by atoms with E-state index in [4.69, 9.17) is 14.2 Å². The van der Waals surface area contributed by atoms with Gasteiger partial charge in [-0.1, -0.05) is 29.8 Å². The van der Waals surface area contributed by atoms with Gasteiger partial charge in [0.1, 0.15) is 18.1 Å². The standard InChI is InChI=1S/C27H25N3O5/c1-18-5-4-6-19(15-18)17-35-25-13-14-26(31)30(29-25)21-9-7-20(8-10-21)27(32)28-23-16-22(33-2)11-12-24(23)34-3/h4-16H,17H2,1-3H3,(H,28,32). The third-order valence-electron chi connectivity index (χ3n) is 5.27. The first-order valence-electron chi connectivity index (χ1n) is 10.9. The number of anilines is 1. The monoisotopic (exact) mass is 471 g/mol. The maximum absolute atomic E-state index is 12.8. The number of hydrogen-bond acceptors (Lipinski definition) is 6. The van der Waals surface area contributed by atoms with E-state index in [1.165, 1.54) is 23.9 Å². The molecule has 0 aliphatic rings. The van der Waals surface area contributed by atoms with E-state index in [9.17, 15) is 9.59 Å². The van der Waals surface area contributed by atoms with E-state index < -0.39 is 0 Å². The molecule has 0 atom stereocenters. The molecule has 0 radical (unpaired) electrons. The fraction of sp³-hybridized carbons (Fsp3) is 0.148. The lowest BCUT2D eigenvalue weighted by molar-refractivity contribution is 0.102. The molecule has 0 bridgehead atoms. The highest BCUT2D eigenvalue weighted by Crippen LogP contribution is 2.29. The second-order valence-corrected chi connectivity index (χ2v) is 7.77. The summed E-state index contributed by atoms with van der Waals surface area (Å²) in [7, 11) is 3.07. The normalized spacial score (nSPS) is 10.5. The lowest BCUT2D eigenvalue weighted by Gasteiger charge is -2.12. The van der Waals surface area contributed by atoms with E-state index in [1.807, 2.05) is 31.2 Å². The SMILES string of the molecule is COc1ccc(OC)c(NC(=O)c2ccc(-n3nc(OCc4cccc(C)c4)ccc3=O)cc2)c1. The van der Waals surface area contributed by atoms with Crippen LogP contribution in [-0.2, 0) is 6.61 Å². The third-order valence-corrected chi connectivity index (χ3v) is 5.27. The van der Waals surface area contributed by atoms with E-state index in [2.05, 4.69) is 10.4 Å². The van der Waals surface area contributed by atoms with Crippen LogP contribution in [0.1, 0.15) is 21.5 Å². The van der Waals surface area contributed by atoms with Gasteiger partial charge in [-0.3, -0.25) is 9.59 Å². The molecular formula is C27H25N3O5. The lowest BCUT2D eigenvalue weighted by atomic mass is 10.1. The van der Waals surface area contributed by atoms with E-state index in [0.29, 0.717) is 40.9 Å². The second kappa shape index (κ2) is 10.6.